The van der Waals surface area contributed by atoms with Gasteiger partial charge in [-0.1, -0.05) is 121 Å². The van der Waals surface area contributed by atoms with Crippen molar-refractivity contribution in [3.05, 3.63) is 181 Å². The molecular weight excluding hydrogens is 609 g/mol. The van der Waals surface area contributed by atoms with Crippen LogP contribution in [0, 0.1) is 0 Å². The number of hydrogen-bond acceptors (Lipinski definition) is 3. The zero-order chi connectivity index (χ0) is 33.0. The molecule has 1 aliphatic heterocycles. The second-order valence-electron chi connectivity index (χ2n) is 13.3. The van der Waals surface area contributed by atoms with Crippen LogP contribution in [0.15, 0.2) is 164 Å². The molecule has 0 bridgehead atoms. The van der Waals surface area contributed by atoms with E-state index in [1.54, 1.807) is 0 Å². The summed E-state index contributed by atoms with van der Waals surface area (Å²) in [5.74, 6) is 1.05. The first-order valence-electron chi connectivity index (χ1n) is 17.5. The monoisotopic (exact) mass is 642 g/mol. The van der Waals surface area contributed by atoms with E-state index >= 15 is 0 Å². The Bertz CT molecular complexity index is 2600. The van der Waals surface area contributed by atoms with Crippen molar-refractivity contribution in [2.24, 2.45) is 0 Å². The quantitative estimate of drug-likeness (QED) is 0.187. The summed E-state index contributed by atoms with van der Waals surface area (Å²) >= 11 is 0. The highest BCUT2D eigenvalue weighted by atomic mass is 15.1. The van der Waals surface area contributed by atoms with Gasteiger partial charge in [0.1, 0.15) is 0 Å². The number of benzene rings is 5. The molecule has 0 N–H and O–H groups in total. The third kappa shape index (κ3) is 4.67. The molecule has 2 aromatic heterocycles. The normalized spacial score (nSPS) is 18.0. The maximum Gasteiger partial charge on any atom is 0.156 e. The highest BCUT2D eigenvalue weighted by Gasteiger charge is 2.27. The summed E-state index contributed by atoms with van der Waals surface area (Å²) in [5.41, 5.74) is 10.4. The molecule has 0 saturated carbocycles. The van der Waals surface area contributed by atoms with Gasteiger partial charge in [-0.25, -0.2) is 9.97 Å². The van der Waals surface area contributed by atoms with Gasteiger partial charge in [-0.05, 0) is 60.0 Å². The molecule has 3 aliphatic rings. The first-order valence-corrected chi connectivity index (χ1v) is 17.5. The minimum absolute atomic E-state index is 0.116. The van der Waals surface area contributed by atoms with Crippen LogP contribution in [0.5, 0.6) is 0 Å². The number of fused-ring (bicyclic) bond motifs is 4. The number of anilines is 1. The van der Waals surface area contributed by atoms with E-state index < -0.39 is 0 Å². The zero-order valence-electron chi connectivity index (χ0n) is 27.5. The maximum absolute atomic E-state index is 5.22. The molecule has 238 valence electrons. The maximum atomic E-state index is 5.22. The minimum Gasteiger partial charge on any atom is -0.340 e. The molecule has 0 fully saturated rings. The third-order valence-electron chi connectivity index (χ3n) is 10.4. The average molecular weight is 643 g/mol. The molecule has 4 heteroatoms. The fraction of sp³-hybridized carbons (Fsp3) is 0.0870. The summed E-state index contributed by atoms with van der Waals surface area (Å²) in [4.78, 5) is 12.8. The molecule has 10 rings (SSSR count). The standard InChI is InChI=1S/C46H34N4/c1-4-14-31(15-5-1)40-30-41(32-16-6-2-7-17-32)48-46(47-40)34-18-12-21-36(28-34)49-27-26-33-29-39-37-22-10-11-24-42(37)50(35-19-8-3-9-20-35)45(39)38-23-13-25-43(49)44(33)38/h1-16,18-27,29-30,32,36H,17,28H2. The van der Waals surface area contributed by atoms with Gasteiger partial charge in [-0.2, -0.15) is 0 Å². The van der Waals surface area contributed by atoms with E-state index in [4.69, 9.17) is 9.97 Å². The van der Waals surface area contributed by atoms with Crippen molar-refractivity contribution in [3.63, 3.8) is 0 Å². The smallest absolute Gasteiger partial charge is 0.156 e. The Labute approximate surface area is 291 Å². The van der Waals surface area contributed by atoms with E-state index in [1.165, 1.54) is 49.5 Å². The van der Waals surface area contributed by atoms with Crippen LogP contribution in [0.3, 0.4) is 0 Å². The number of aromatic nitrogens is 3. The predicted octanol–water partition coefficient (Wildman–Crippen LogP) is 11.2. The van der Waals surface area contributed by atoms with Gasteiger partial charge in [-0.15, -0.1) is 0 Å². The summed E-state index contributed by atoms with van der Waals surface area (Å²) in [6.07, 6.45) is 21.7. The Hall–Kier alpha value is -6.26. The van der Waals surface area contributed by atoms with E-state index in [0.29, 0.717) is 0 Å². The van der Waals surface area contributed by atoms with Crippen molar-refractivity contribution in [1.82, 2.24) is 14.5 Å². The van der Waals surface area contributed by atoms with Gasteiger partial charge in [0.15, 0.2) is 5.82 Å². The fourth-order valence-corrected chi connectivity index (χ4v) is 8.04. The second-order valence-corrected chi connectivity index (χ2v) is 13.3. The van der Waals surface area contributed by atoms with Gasteiger partial charge in [0.2, 0.25) is 0 Å². The molecule has 2 atom stereocenters. The van der Waals surface area contributed by atoms with Crippen LogP contribution in [0.2, 0.25) is 0 Å². The van der Waals surface area contributed by atoms with Gasteiger partial charge >= 0.3 is 0 Å². The molecule has 0 radical (unpaired) electrons. The summed E-state index contributed by atoms with van der Waals surface area (Å²) in [7, 11) is 0. The van der Waals surface area contributed by atoms with E-state index in [2.05, 4.69) is 180 Å². The topological polar surface area (TPSA) is 34.0 Å². The van der Waals surface area contributed by atoms with E-state index in [-0.39, 0.29) is 12.0 Å². The van der Waals surface area contributed by atoms with Crippen LogP contribution >= 0.6 is 0 Å². The van der Waals surface area contributed by atoms with Crippen molar-refractivity contribution < 1.29 is 0 Å². The molecule has 7 aromatic rings. The Morgan fingerprint density at radius 2 is 1.50 bits per heavy atom. The second kappa shape index (κ2) is 11.7. The molecular formula is C46H34N4. The lowest BCUT2D eigenvalue weighted by Crippen LogP contribution is -2.31. The Morgan fingerprint density at radius 1 is 0.680 bits per heavy atom. The van der Waals surface area contributed by atoms with Crippen molar-refractivity contribution in [2.45, 2.75) is 24.8 Å². The van der Waals surface area contributed by atoms with E-state index in [0.717, 1.165) is 41.2 Å². The van der Waals surface area contributed by atoms with Gasteiger partial charge in [0.25, 0.3) is 0 Å². The summed E-state index contributed by atoms with van der Waals surface area (Å²) in [5, 5.41) is 5.10. The van der Waals surface area contributed by atoms with Crippen molar-refractivity contribution >= 4 is 49.9 Å². The van der Waals surface area contributed by atoms with Crippen LogP contribution in [-0.4, -0.2) is 20.6 Å². The van der Waals surface area contributed by atoms with Crippen LogP contribution in [0.1, 0.15) is 35.8 Å². The average Bonchev–Trinajstić information content (AvgIpc) is 3.53. The lowest BCUT2D eigenvalue weighted by Gasteiger charge is -2.34. The molecule has 0 saturated heterocycles. The highest BCUT2D eigenvalue weighted by Crippen LogP contribution is 2.44. The lowest BCUT2D eigenvalue weighted by molar-refractivity contribution is 0.775. The molecule has 5 aromatic carbocycles. The van der Waals surface area contributed by atoms with Crippen molar-refractivity contribution in [2.75, 3.05) is 4.90 Å². The Morgan fingerprint density at radius 3 is 2.36 bits per heavy atom. The first-order chi connectivity index (χ1) is 24.8. The van der Waals surface area contributed by atoms with Crippen molar-refractivity contribution in [3.8, 4) is 16.9 Å². The van der Waals surface area contributed by atoms with Crippen LogP contribution in [0.4, 0.5) is 5.69 Å². The molecule has 0 amide bonds. The summed E-state index contributed by atoms with van der Waals surface area (Å²) in [6.45, 7) is 0. The Balaban J connectivity index is 1.07. The fourth-order valence-electron chi connectivity index (χ4n) is 8.04. The number of allylic oxidation sites excluding steroid dienone is 6. The number of hydrogen-bond donors (Lipinski definition) is 0. The largest absolute Gasteiger partial charge is 0.340 e. The third-order valence-corrected chi connectivity index (χ3v) is 10.4. The van der Waals surface area contributed by atoms with Crippen LogP contribution < -0.4 is 4.90 Å². The van der Waals surface area contributed by atoms with Gasteiger partial charge in [-0.3, -0.25) is 0 Å². The number of para-hydroxylation sites is 2. The molecule has 0 spiro atoms. The minimum atomic E-state index is 0.116. The number of nitrogens with zero attached hydrogens (tertiary/aromatic N) is 4. The Kier molecular flexibility index (Phi) is 6.73. The zero-order valence-corrected chi connectivity index (χ0v) is 27.5. The van der Waals surface area contributed by atoms with Crippen LogP contribution in [-0.2, 0) is 0 Å². The van der Waals surface area contributed by atoms with E-state index in [9.17, 15) is 0 Å². The molecule has 3 heterocycles. The predicted molar refractivity (Wildman–Crippen MR) is 208 cm³/mol. The first kappa shape index (κ1) is 28.7. The van der Waals surface area contributed by atoms with Gasteiger partial charge in [0, 0.05) is 57.0 Å². The lowest BCUT2D eigenvalue weighted by atomic mass is 9.92. The number of rotatable bonds is 5. The molecule has 2 aliphatic carbocycles. The van der Waals surface area contributed by atoms with Crippen LogP contribution in [0.25, 0.3) is 61.2 Å². The highest BCUT2D eigenvalue weighted by molar-refractivity contribution is 6.23. The SMILES string of the molecule is C1=CCC(c2cc(-c3ccccc3)nc(C3=CC=CC(N4C=Cc5cc6c7ccccc7n(-c7ccccc7)c6c6cccc4c56)C3)n2)C=C1. The van der Waals surface area contributed by atoms with E-state index in [1.807, 2.05) is 0 Å². The summed E-state index contributed by atoms with van der Waals surface area (Å²) in [6, 6.07) is 41.4. The van der Waals surface area contributed by atoms with Gasteiger partial charge in [0.05, 0.1) is 28.5 Å². The summed E-state index contributed by atoms with van der Waals surface area (Å²) < 4.78 is 2.43. The van der Waals surface area contributed by atoms with Crippen molar-refractivity contribution in [1.29, 1.82) is 0 Å². The van der Waals surface area contributed by atoms with Gasteiger partial charge < -0.3 is 9.47 Å². The molecule has 50 heavy (non-hydrogen) atoms. The molecule has 4 nitrogen and oxygen atoms in total. The molecule has 2 unspecified atom stereocenters.